The van der Waals surface area contributed by atoms with Crippen molar-refractivity contribution in [3.8, 4) is 96.2 Å². The molecular formula is C101H78Ir3N18O2Pt2S-6. The first-order valence-corrected chi connectivity index (χ1v) is 39.0. The fourth-order valence-corrected chi connectivity index (χ4v) is 11.6. The smallest absolute Gasteiger partial charge is 0.489 e. The van der Waals surface area contributed by atoms with E-state index in [2.05, 4.69) is 146 Å². The maximum Gasteiger partial charge on any atom is 2.00 e. The number of imidazole rings is 2. The van der Waals surface area contributed by atoms with Gasteiger partial charge in [0.25, 0.3) is 0 Å². The third-order valence-corrected chi connectivity index (χ3v) is 17.4. The zero-order valence-corrected chi connectivity index (χ0v) is 81.1. The van der Waals surface area contributed by atoms with E-state index in [9.17, 15) is 0 Å². The van der Waals surface area contributed by atoms with Gasteiger partial charge in [-0.1, -0.05) is 41.6 Å². The van der Waals surface area contributed by atoms with Crippen molar-refractivity contribution < 1.29 is 111 Å². The number of aryl methyl sites for hydroxylation is 4. The number of nitrogens with zero attached hydrogens (tertiary/aromatic N) is 18. The van der Waals surface area contributed by atoms with E-state index in [0.29, 0.717) is 11.6 Å². The first-order chi connectivity index (χ1) is 60.2. The largest absolute Gasteiger partial charge is 2.00 e. The van der Waals surface area contributed by atoms with E-state index in [1.54, 1.807) is 99.6 Å². The Balaban J connectivity index is 0.000000193. The van der Waals surface area contributed by atoms with Crippen LogP contribution in [0.4, 0.5) is 5.69 Å². The first-order valence-electron chi connectivity index (χ1n) is 38.0. The second-order valence-electron chi connectivity index (χ2n) is 25.5. The van der Waals surface area contributed by atoms with E-state index < -0.39 is 0 Å². The van der Waals surface area contributed by atoms with Gasteiger partial charge in [0.05, 0.1) is 54.3 Å². The molecule has 0 saturated carbocycles. The van der Waals surface area contributed by atoms with Crippen LogP contribution in [0.2, 0.25) is 0 Å². The quantitative estimate of drug-likeness (QED) is 0.111. The summed E-state index contributed by atoms with van der Waals surface area (Å²) in [5.74, 6) is 1.57. The van der Waals surface area contributed by atoms with E-state index in [1.807, 2.05) is 337 Å². The van der Waals surface area contributed by atoms with Gasteiger partial charge < -0.3 is 18.0 Å². The van der Waals surface area contributed by atoms with Gasteiger partial charge in [-0.2, -0.15) is 135 Å². The molecule has 0 spiro atoms. The van der Waals surface area contributed by atoms with Crippen LogP contribution in [0.1, 0.15) is 11.4 Å². The summed E-state index contributed by atoms with van der Waals surface area (Å²) < 4.78 is 22.8. The van der Waals surface area contributed by atoms with Crippen molar-refractivity contribution in [2.24, 2.45) is 14.1 Å². The van der Waals surface area contributed by atoms with Crippen molar-refractivity contribution in [3.05, 3.63) is 485 Å². The molecule has 127 heavy (non-hydrogen) atoms. The maximum absolute atomic E-state index is 6.85. The SMILES string of the molecule is Cc1cc(C)n(-c2[c-]cccc2)n1.Cn1ccnc1-c1[c-]cccc1.Cn1cnc(-c2[c-]cccc2)c1.[C-]#[N+]c1cc[c-]c(-n2cccn2)c1.[Ir].[Ir].[Ir].[Pt+2].[Pt+2].[c-]1ccc(-c2ccccc2)cc1-n1cccn1.[c-]1ccccc1-c1cocn1.[c-]1ccccc1-c1cscn1.[c-]1ccccc1-c1ncco1.[c-]1ccccc1-n1cccn1.[c-]1ccccc1-n1cccn1. The normalized spacial score (nSPS) is 9.57. The monoisotopic (exact) mass is 2580 g/mol. The fraction of sp³-hybridized carbons (Fsp3) is 0.0396. The Labute approximate surface area is 812 Å². The predicted octanol–water partition coefficient (Wildman–Crippen LogP) is 21.9. The minimum Gasteiger partial charge on any atom is -0.489 e. The van der Waals surface area contributed by atoms with Gasteiger partial charge >= 0.3 is 42.1 Å². The van der Waals surface area contributed by atoms with Crippen LogP contribution in [0.5, 0.6) is 0 Å². The van der Waals surface area contributed by atoms with Crippen molar-refractivity contribution in [1.29, 1.82) is 0 Å². The molecule has 0 aliphatic heterocycles. The molecule has 21 rings (SSSR count). The van der Waals surface area contributed by atoms with E-state index in [0.717, 1.165) is 90.5 Å². The van der Waals surface area contributed by atoms with Crippen LogP contribution < -0.4 is 0 Å². The summed E-state index contributed by atoms with van der Waals surface area (Å²) in [6, 6.07) is 124. The summed E-state index contributed by atoms with van der Waals surface area (Å²) in [5.41, 5.74) is 19.5. The first kappa shape index (κ1) is 101. The molecule has 0 atom stereocenters. The molecule has 0 amide bonds. The summed E-state index contributed by atoms with van der Waals surface area (Å²) >= 11 is 1.60. The Morgan fingerprint density at radius 3 is 1.26 bits per heavy atom. The minimum atomic E-state index is 0. The summed E-state index contributed by atoms with van der Waals surface area (Å²) in [6.45, 7) is 10.9. The van der Waals surface area contributed by atoms with Crippen LogP contribution in [-0.4, -0.2) is 83.0 Å². The minimum absolute atomic E-state index is 0. The molecule has 0 saturated heterocycles. The number of aromatic nitrogens is 17. The molecule has 21 aromatic rings. The van der Waals surface area contributed by atoms with Crippen molar-refractivity contribution in [3.63, 3.8) is 0 Å². The number of hydrogen-bond acceptors (Lipinski definition) is 13. The van der Waals surface area contributed by atoms with Crippen LogP contribution in [0.3, 0.4) is 0 Å². The molecule has 10 aromatic heterocycles. The molecule has 11 aromatic carbocycles. The number of oxazole rings is 2. The Morgan fingerprint density at radius 1 is 0.386 bits per heavy atom. The number of rotatable bonds is 11. The average Bonchev–Trinajstić information content (AvgIpc) is 1.75. The Hall–Kier alpha value is -13.2. The topological polar surface area (TPSA) is 194 Å². The molecule has 26 heteroatoms. The van der Waals surface area contributed by atoms with Gasteiger partial charge in [-0.3, -0.25) is 53.2 Å². The molecule has 10 heterocycles. The van der Waals surface area contributed by atoms with E-state index >= 15 is 0 Å². The number of thiazole rings is 1. The summed E-state index contributed by atoms with van der Waals surface area (Å²) in [7, 11) is 3.93. The predicted molar refractivity (Wildman–Crippen MR) is 476 cm³/mol. The van der Waals surface area contributed by atoms with Crippen LogP contribution in [0, 0.1) is 81.1 Å². The van der Waals surface area contributed by atoms with E-state index in [-0.39, 0.29) is 102 Å². The second-order valence-corrected chi connectivity index (χ2v) is 26.2. The van der Waals surface area contributed by atoms with Gasteiger partial charge in [-0.15, -0.1) is 221 Å². The third-order valence-electron chi connectivity index (χ3n) is 16.8. The zero-order valence-electron chi connectivity index (χ0n) is 68.5. The van der Waals surface area contributed by atoms with Gasteiger partial charge in [0.2, 0.25) is 0 Å². The fourth-order valence-electron chi connectivity index (χ4n) is 11.1. The maximum atomic E-state index is 6.85. The Morgan fingerprint density at radius 2 is 0.850 bits per heavy atom. The van der Waals surface area contributed by atoms with E-state index in [4.69, 9.17) is 15.4 Å². The summed E-state index contributed by atoms with van der Waals surface area (Å²) in [5, 5.41) is 22.8. The molecule has 0 N–H and O–H groups in total. The van der Waals surface area contributed by atoms with Gasteiger partial charge in [0.1, 0.15) is 5.89 Å². The Kier molecular flexibility index (Phi) is 44.9. The molecule has 0 aliphatic carbocycles. The van der Waals surface area contributed by atoms with Crippen molar-refractivity contribution >= 4 is 17.0 Å². The van der Waals surface area contributed by atoms with Gasteiger partial charge in [0.15, 0.2) is 6.39 Å². The summed E-state index contributed by atoms with van der Waals surface area (Å²) in [6.07, 6.45) is 28.2. The van der Waals surface area contributed by atoms with Gasteiger partial charge in [-0.05, 0) is 89.8 Å². The second kappa shape index (κ2) is 56.6. The van der Waals surface area contributed by atoms with E-state index in [1.165, 1.54) is 17.5 Å². The van der Waals surface area contributed by atoms with Gasteiger partial charge in [0, 0.05) is 153 Å². The molecule has 20 nitrogen and oxygen atoms in total. The molecular weight excluding hydrogens is 2500 g/mol. The standard InChI is InChI=1S/C15H11N2.C11H11N2.C10H6N3.2C10H9N2.2C9H7N2.2C9H6NO.C9H6NS.3Ir.2Pt/c1-2-6-13(7-3-1)14-8-4-9-15(12-14)17-11-5-10-16-17;1-9-8-10(2)13(12-9)11-6-4-3-5-7-11;1-11-9-4-2-5-10(8-9)13-7-3-6-12-13;1-12-7-10(11-8-12)9-5-3-2-4-6-9;1-12-8-7-11-10(12)9-5-3-2-4-6-9;2*1-2-5-9(6-3-1)11-8-4-7-10-11;1-2-4-8(5-3-1)9-6-11-7-10-9;1-2-4-8(5-3-1)9-10-6-7-11-9;1-2-4-8(5-3-1)9-6-11-7-10-9;;;;;/h1-8,10-12H;3-6,8H,1-2H3;2-4,6-8H;2*2-5,7-8H,1H3;2*1-5,7-8H;3*1-4,6-7H;;;;;/q10*-1;;;;2*+2. The average molecular weight is 2570 g/mol. The van der Waals surface area contributed by atoms with Crippen molar-refractivity contribution in [2.45, 2.75) is 13.8 Å². The summed E-state index contributed by atoms with van der Waals surface area (Å²) in [4.78, 5) is 23.9. The number of para-hydroxylation sites is 3. The number of hydrogen-bond donors (Lipinski definition) is 0. The van der Waals surface area contributed by atoms with Gasteiger partial charge in [-0.25, -0.2) is 0 Å². The third kappa shape index (κ3) is 33.0. The van der Waals surface area contributed by atoms with Crippen molar-refractivity contribution in [2.75, 3.05) is 0 Å². The molecule has 3 radical (unpaired) electrons. The molecule has 0 bridgehead atoms. The van der Waals surface area contributed by atoms with Crippen LogP contribution in [-0.2, 0) is 117 Å². The Bertz CT molecular complexity index is 5950. The molecule has 0 fully saturated rings. The van der Waals surface area contributed by atoms with Crippen LogP contribution in [0.25, 0.3) is 101 Å². The molecule has 643 valence electrons. The molecule has 0 aliphatic rings. The molecule has 0 unspecified atom stereocenters. The van der Waals surface area contributed by atoms with Crippen molar-refractivity contribution in [1.82, 2.24) is 83.0 Å². The zero-order chi connectivity index (χ0) is 84.2. The number of benzene rings is 11. The van der Waals surface area contributed by atoms with Crippen LogP contribution in [0.15, 0.2) is 411 Å². The van der Waals surface area contributed by atoms with Crippen LogP contribution >= 0.6 is 11.3 Å².